The molecule has 0 N–H and O–H groups in total. The third-order valence-corrected chi connectivity index (χ3v) is 10.6. The highest BCUT2D eigenvalue weighted by Crippen LogP contribution is 2.55. The Balaban J connectivity index is 1.34. The molecule has 0 spiro atoms. The predicted octanol–water partition coefficient (Wildman–Crippen LogP) is 9.23. The SMILES string of the molecule is Bc1ccc2c(c1)c1cc(C)cc3c1n2-c1ccc(-c2nc(-c4ccccc4)nc(-c4ccccc4)n2)cc1C3(c1ccccc1)c1ccccc1. The smallest absolute Gasteiger partial charge is 0.164 e. The first-order chi connectivity index (χ1) is 25.6. The van der Waals surface area contributed by atoms with Crippen LogP contribution in [0.5, 0.6) is 0 Å². The molecule has 0 amide bonds. The number of aryl methyl sites for hydroxylation is 1. The molecule has 0 fully saturated rings. The first kappa shape index (κ1) is 30.3. The van der Waals surface area contributed by atoms with Gasteiger partial charge in [0.15, 0.2) is 17.5 Å². The van der Waals surface area contributed by atoms with Crippen molar-refractivity contribution in [3.63, 3.8) is 0 Å². The molecule has 52 heavy (non-hydrogen) atoms. The van der Waals surface area contributed by atoms with Crippen LogP contribution in [0.15, 0.2) is 170 Å². The molecule has 9 aromatic rings. The van der Waals surface area contributed by atoms with E-state index in [0.717, 1.165) is 22.4 Å². The van der Waals surface area contributed by atoms with Crippen molar-refractivity contribution in [2.75, 3.05) is 0 Å². The van der Waals surface area contributed by atoms with Crippen molar-refractivity contribution in [3.8, 4) is 39.9 Å². The molecule has 7 aromatic carbocycles. The van der Waals surface area contributed by atoms with Crippen LogP contribution in [0, 0.1) is 6.92 Å². The van der Waals surface area contributed by atoms with Crippen molar-refractivity contribution in [1.82, 2.24) is 19.5 Å². The molecule has 3 heterocycles. The van der Waals surface area contributed by atoms with E-state index in [0.29, 0.717) is 17.5 Å². The lowest BCUT2D eigenvalue weighted by Gasteiger charge is -2.42. The predicted molar refractivity (Wildman–Crippen MR) is 215 cm³/mol. The van der Waals surface area contributed by atoms with Gasteiger partial charge in [-0.05, 0) is 59.5 Å². The van der Waals surface area contributed by atoms with Gasteiger partial charge in [0.1, 0.15) is 7.85 Å². The summed E-state index contributed by atoms with van der Waals surface area (Å²) in [6.07, 6.45) is 0. The first-order valence-corrected chi connectivity index (χ1v) is 17.8. The number of aromatic nitrogens is 4. The largest absolute Gasteiger partial charge is 0.309 e. The van der Waals surface area contributed by atoms with Gasteiger partial charge in [0.2, 0.25) is 0 Å². The van der Waals surface area contributed by atoms with Gasteiger partial charge in [-0.3, -0.25) is 0 Å². The van der Waals surface area contributed by atoms with Crippen LogP contribution >= 0.6 is 0 Å². The van der Waals surface area contributed by atoms with Crippen LogP contribution in [0.25, 0.3) is 61.7 Å². The third-order valence-electron chi connectivity index (χ3n) is 10.6. The monoisotopic (exact) mass is 664 g/mol. The van der Waals surface area contributed by atoms with Crippen LogP contribution in [0.2, 0.25) is 0 Å². The highest BCUT2D eigenvalue weighted by atomic mass is 15.0. The van der Waals surface area contributed by atoms with Gasteiger partial charge in [-0.25, -0.2) is 15.0 Å². The van der Waals surface area contributed by atoms with Gasteiger partial charge in [-0.2, -0.15) is 0 Å². The Hall–Kier alpha value is -6.59. The lowest BCUT2D eigenvalue weighted by molar-refractivity contribution is 0.727. The molecule has 10 rings (SSSR count). The maximum Gasteiger partial charge on any atom is 0.164 e. The molecule has 1 aliphatic rings. The molecule has 5 heteroatoms. The lowest BCUT2D eigenvalue weighted by atomic mass is 9.62. The van der Waals surface area contributed by atoms with E-state index in [1.165, 1.54) is 55.1 Å². The molecule has 244 valence electrons. The summed E-state index contributed by atoms with van der Waals surface area (Å²) in [5.74, 6) is 1.93. The summed E-state index contributed by atoms with van der Waals surface area (Å²) in [5.41, 5.74) is 13.2. The van der Waals surface area contributed by atoms with Gasteiger partial charge in [0, 0.05) is 27.5 Å². The Morgan fingerprint density at radius 1 is 0.481 bits per heavy atom. The van der Waals surface area contributed by atoms with E-state index in [1.54, 1.807) is 0 Å². The van der Waals surface area contributed by atoms with E-state index in [-0.39, 0.29) is 0 Å². The van der Waals surface area contributed by atoms with Gasteiger partial charge >= 0.3 is 0 Å². The summed E-state index contributed by atoms with van der Waals surface area (Å²) in [7, 11) is 2.18. The average molecular weight is 665 g/mol. The Labute approximate surface area is 303 Å². The van der Waals surface area contributed by atoms with Crippen molar-refractivity contribution in [2.45, 2.75) is 12.3 Å². The zero-order valence-electron chi connectivity index (χ0n) is 29.0. The molecular formula is C47H33BN4. The second-order valence-electron chi connectivity index (χ2n) is 13.8. The fraction of sp³-hybridized carbons (Fsp3) is 0.0426. The summed E-state index contributed by atoms with van der Waals surface area (Å²) >= 11 is 0. The number of nitrogens with zero attached hydrogens (tertiary/aromatic N) is 4. The Kier molecular flexibility index (Phi) is 6.84. The van der Waals surface area contributed by atoms with Crippen molar-refractivity contribution in [3.05, 3.63) is 198 Å². The minimum atomic E-state index is -0.630. The van der Waals surface area contributed by atoms with Gasteiger partial charge < -0.3 is 4.57 Å². The zero-order chi connectivity index (χ0) is 34.8. The Bertz CT molecular complexity index is 2700. The average Bonchev–Trinajstić information content (AvgIpc) is 3.52. The van der Waals surface area contributed by atoms with Crippen LogP contribution in [0.3, 0.4) is 0 Å². The van der Waals surface area contributed by atoms with E-state index in [9.17, 15) is 0 Å². The van der Waals surface area contributed by atoms with Gasteiger partial charge in [-0.1, -0.05) is 151 Å². The number of hydrogen-bond acceptors (Lipinski definition) is 3. The first-order valence-electron chi connectivity index (χ1n) is 17.8. The van der Waals surface area contributed by atoms with Crippen LogP contribution in [-0.2, 0) is 5.41 Å². The maximum absolute atomic E-state index is 5.16. The molecule has 0 aliphatic carbocycles. The van der Waals surface area contributed by atoms with Gasteiger partial charge in [0.05, 0.1) is 22.1 Å². The Morgan fingerprint density at radius 2 is 1.02 bits per heavy atom. The molecule has 2 aromatic heterocycles. The van der Waals surface area contributed by atoms with Crippen LogP contribution < -0.4 is 5.46 Å². The number of benzene rings is 7. The van der Waals surface area contributed by atoms with Crippen LogP contribution in [-0.4, -0.2) is 27.4 Å². The van der Waals surface area contributed by atoms with Crippen LogP contribution in [0.1, 0.15) is 27.8 Å². The molecule has 0 radical (unpaired) electrons. The maximum atomic E-state index is 5.16. The number of rotatable bonds is 5. The van der Waals surface area contributed by atoms with Crippen molar-refractivity contribution in [2.24, 2.45) is 0 Å². The second-order valence-corrected chi connectivity index (χ2v) is 13.8. The fourth-order valence-electron chi connectivity index (χ4n) is 8.36. The number of hydrogen-bond donors (Lipinski definition) is 0. The topological polar surface area (TPSA) is 43.6 Å². The standard InChI is InChI=1S/C47H33BN4/c1-30-26-38-37-29-36(48)23-25-41(37)52-42-24-22-33(46-50-44(31-14-6-2-7-15-31)49-45(51-46)32-16-8-3-9-17-32)28-39(42)47(40(27-30)43(38)52,34-18-10-4-11-19-34)35-20-12-5-13-21-35/h2-29H,48H2,1H3. The summed E-state index contributed by atoms with van der Waals surface area (Å²) in [6, 6.07) is 60.7. The number of fused-ring (bicyclic) bond motifs is 5. The fourth-order valence-corrected chi connectivity index (χ4v) is 8.36. The lowest BCUT2D eigenvalue weighted by Crippen LogP contribution is -2.35. The molecule has 0 atom stereocenters. The highest BCUT2D eigenvalue weighted by Gasteiger charge is 2.45. The molecule has 1 aliphatic heterocycles. The summed E-state index contributed by atoms with van der Waals surface area (Å²) in [4.78, 5) is 15.3. The van der Waals surface area contributed by atoms with Gasteiger partial charge in [0.25, 0.3) is 0 Å². The van der Waals surface area contributed by atoms with E-state index in [1.807, 2.05) is 36.4 Å². The normalized spacial score (nSPS) is 12.9. The zero-order valence-corrected chi connectivity index (χ0v) is 29.0. The highest BCUT2D eigenvalue weighted by molar-refractivity contribution is 6.34. The van der Waals surface area contributed by atoms with E-state index in [2.05, 4.69) is 153 Å². The second kappa shape index (κ2) is 11.7. The van der Waals surface area contributed by atoms with E-state index in [4.69, 9.17) is 15.0 Å². The summed E-state index contributed by atoms with van der Waals surface area (Å²) in [6.45, 7) is 2.22. The van der Waals surface area contributed by atoms with Crippen LogP contribution in [0.4, 0.5) is 0 Å². The molecule has 0 bridgehead atoms. The summed E-state index contributed by atoms with van der Waals surface area (Å²) < 4.78 is 2.49. The molecule has 0 saturated carbocycles. The van der Waals surface area contributed by atoms with Gasteiger partial charge in [-0.15, -0.1) is 0 Å². The summed E-state index contributed by atoms with van der Waals surface area (Å²) in [5, 5.41) is 2.54. The molecule has 0 saturated heterocycles. The minimum Gasteiger partial charge on any atom is -0.309 e. The Morgan fingerprint density at radius 3 is 1.60 bits per heavy atom. The van der Waals surface area contributed by atoms with E-state index < -0.39 is 5.41 Å². The van der Waals surface area contributed by atoms with Crippen molar-refractivity contribution in [1.29, 1.82) is 0 Å². The molecule has 0 unspecified atom stereocenters. The quantitative estimate of drug-likeness (QED) is 0.172. The molecular weight excluding hydrogens is 631 g/mol. The van der Waals surface area contributed by atoms with E-state index >= 15 is 0 Å². The third kappa shape index (κ3) is 4.52. The van der Waals surface area contributed by atoms with Crippen molar-refractivity contribution >= 4 is 35.1 Å². The van der Waals surface area contributed by atoms with Crippen molar-refractivity contribution < 1.29 is 0 Å². The molecule has 4 nitrogen and oxygen atoms in total. The minimum absolute atomic E-state index is 0.630.